The van der Waals surface area contributed by atoms with Crippen molar-refractivity contribution in [2.24, 2.45) is 0 Å². The molecule has 0 atom stereocenters. The molecule has 1 aliphatic heterocycles. The molecule has 3 aromatic carbocycles. The van der Waals surface area contributed by atoms with Crippen LogP contribution in [0.3, 0.4) is 0 Å². The average Bonchev–Trinajstić information content (AvgIpc) is 3.69. The Kier molecular flexibility index (Phi) is 7.14. The van der Waals surface area contributed by atoms with Crippen LogP contribution in [0.2, 0.25) is 5.04 Å². The number of carbonyl (C=O) groups excluding carboxylic acids is 2. The van der Waals surface area contributed by atoms with E-state index in [1.165, 1.54) is 10.4 Å². The van der Waals surface area contributed by atoms with Crippen LogP contribution in [0.15, 0.2) is 103 Å². The van der Waals surface area contributed by atoms with Gasteiger partial charge in [0.2, 0.25) is 0 Å². The monoisotopic (exact) mass is 624 g/mol. The molecule has 8 heteroatoms. The van der Waals surface area contributed by atoms with E-state index in [2.05, 4.69) is 79.6 Å². The molecule has 2 amide bonds. The zero-order chi connectivity index (χ0) is 32.2. The van der Waals surface area contributed by atoms with Crippen LogP contribution in [0.5, 0.6) is 0 Å². The second kappa shape index (κ2) is 11.1. The van der Waals surface area contributed by atoms with Crippen molar-refractivity contribution in [2.45, 2.75) is 46.3 Å². The molecule has 0 spiro atoms. The van der Waals surface area contributed by atoms with E-state index in [1.54, 1.807) is 4.52 Å². The smallest absolute Gasteiger partial charge is 0.261 e. The zero-order valence-electron chi connectivity index (χ0n) is 26.6. The largest absolute Gasteiger partial charge is 0.403 e. The molecule has 0 saturated carbocycles. The van der Waals surface area contributed by atoms with E-state index in [1.807, 2.05) is 68.7 Å². The summed E-state index contributed by atoms with van der Waals surface area (Å²) >= 11 is 0. The number of imide groups is 1. The molecule has 0 aliphatic carbocycles. The molecule has 0 unspecified atom stereocenters. The predicted octanol–water partition coefficient (Wildman–Crippen LogP) is 6.08. The molecule has 46 heavy (non-hydrogen) atoms. The fourth-order valence-electron chi connectivity index (χ4n) is 7.02. The Morgan fingerprint density at radius 1 is 0.826 bits per heavy atom. The molecule has 7 rings (SSSR count). The third-order valence-corrected chi connectivity index (χ3v) is 14.1. The van der Waals surface area contributed by atoms with E-state index in [0.717, 1.165) is 27.5 Å². The molecule has 7 nitrogen and oxygen atoms in total. The van der Waals surface area contributed by atoms with E-state index in [4.69, 9.17) is 9.52 Å². The van der Waals surface area contributed by atoms with Gasteiger partial charge in [-0.05, 0) is 52.5 Å². The SMILES string of the molecule is Cc1nn2ccc(CO[Si](c3ccccc3)(c3ccccc3)C(C)(C)C)cc2c1C1=C(c2c[nH]c3c(C)cccc23)C(=O)NC1=O. The lowest BCUT2D eigenvalue weighted by molar-refractivity contribution is -0.122. The summed E-state index contributed by atoms with van der Waals surface area (Å²) in [5.74, 6) is -0.832. The van der Waals surface area contributed by atoms with Gasteiger partial charge in [0.25, 0.3) is 20.1 Å². The molecule has 6 aromatic rings. The number of nitrogens with zero attached hydrogens (tertiary/aromatic N) is 2. The number of para-hydroxylation sites is 1. The van der Waals surface area contributed by atoms with Crippen LogP contribution in [0.25, 0.3) is 27.6 Å². The Hall–Kier alpha value is -5.05. The number of aromatic nitrogens is 3. The number of benzene rings is 3. The van der Waals surface area contributed by atoms with Gasteiger partial charge in [-0.3, -0.25) is 14.9 Å². The number of aryl methyl sites for hydroxylation is 2. The van der Waals surface area contributed by atoms with Gasteiger partial charge in [-0.2, -0.15) is 5.10 Å². The minimum Gasteiger partial charge on any atom is -0.403 e. The maximum atomic E-state index is 13.5. The summed E-state index contributed by atoms with van der Waals surface area (Å²) in [5.41, 5.74) is 6.40. The van der Waals surface area contributed by atoms with Crippen LogP contribution in [-0.4, -0.2) is 34.7 Å². The van der Waals surface area contributed by atoms with Crippen molar-refractivity contribution in [3.05, 3.63) is 131 Å². The van der Waals surface area contributed by atoms with Gasteiger partial charge < -0.3 is 9.41 Å². The highest BCUT2D eigenvalue weighted by molar-refractivity contribution is 6.99. The number of amides is 2. The summed E-state index contributed by atoms with van der Waals surface area (Å²) in [6, 6.07) is 31.1. The molecule has 2 N–H and O–H groups in total. The van der Waals surface area contributed by atoms with Crippen molar-refractivity contribution >= 4 is 58.1 Å². The number of H-pyrrole nitrogens is 1. The summed E-state index contributed by atoms with van der Waals surface area (Å²) < 4.78 is 8.99. The topological polar surface area (TPSA) is 88.5 Å². The summed E-state index contributed by atoms with van der Waals surface area (Å²) in [5, 5.41) is 10.4. The molecule has 230 valence electrons. The number of pyridine rings is 1. The first-order chi connectivity index (χ1) is 22.1. The number of carbonyl (C=O) groups is 2. The quantitative estimate of drug-likeness (QED) is 0.167. The summed E-state index contributed by atoms with van der Waals surface area (Å²) in [6.45, 7) is 11.0. The first kappa shape index (κ1) is 29.6. The van der Waals surface area contributed by atoms with Crippen molar-refractivity contribution in [2.75, 3.05) is 0 Å². The Bertz CT molecular complexity index is 2130. The maximum Gasteiger partial charge on any atom is 0.261 e. The van der Waals surface area contributed by atoms with Crippen molar-refractivity contribution < 1.29 is 14.0 Å². The highest BCUT2D eigenvalue weighted by atomic mass is 28.4. The van der Waals surface area contributed by atoms with E-state index in [0.29, 0.717) is 34.6 Å². The number of aromatic amines is 1. The highest BCUT2D eigenvalue weighted by Crippen LogP contribution is 2.39. The van der Waals surface area contributed by atoms with Crippen molar-refractivity contribution in [1.29, 1.82) is 0 Å². The lowest BCUT2D eigenvalue weighted by atomic mass is 9.94. The lowest BCUT2D eigenvalue weighted by Gasteiger charge is -2.43. The minimum absolute atomic E-state index is 0.169. The van der Waals surface area contributed by atoms with Crippen LogP contribution in [-0.2, 0) is 20.6 Å². The number of nitrogens with one attached hydrogen (secondary N) is 2. The van der Waals surface area contributed by atoms with Crippen LogP contribution in [0.4, 0.5) is 0 Å². The van der Waals surface area contributed by atoms with Gasteiger partial charge in [-0.1, -0.05) is 99.6 Å². The van der Waals surface area contributed by atoms with E-state index < -0.39 is 20.1 Å². The third-order valence-electron chi connectivity index (χ3n) is 9.12. The molecule has 1 aliphatic rings. The normalized spacial score (nSPS) is 14.1. The summed E-state index contributed by atoms with van der Waals surface area (Å²) in [6.07, 6.45) is 3.72. The highest BCUT2D eigenvalue weighted by Gasteiger charge is 2.50. The minimum atomic E-state index is -2.78. The zero-order valence-corrected chi connectivity index (χ0v) is 27.6. The Balaban J connectivity index is 1.36. The first-order valence-electron chi connectivity index (χ1n) is 15.5. The number of rotatable bonds is 7. The molecule has 0 bridgehead atoms. The molecule has 3 aromatic heterocycles. The van der Waals surface area contributed by atoms with Gasteiger partial charge in [0.15, 0.2) is 0 Å². The second-order valence-electron chi connectivity index (χ2n) is 13.0. The second-order valence-corrected chi connectivity index (χ2v) is 17.3. The predicted molar refractivity (Wildman–Crippen MR) is 185 cm³/mol. The lowest BCUT2D eigenvalue weighted by Crippen LogP contribution is -2.66. The fraction of sp³-hybridized carbons (Fsp3) is 0.184. The number of hydrogen-bond donors (Lipinski definition) is 2. The molecule has 4 heterocycles. The van der Waals surface area contributed by atoms with Crippen LogP contribution in [0, 0.1) is 13.8 Å². The molecule has 0 saturated heterocycles. The first-order valence-corrected chi connectivity index (χ1v) is 17.4. The molecule has 0 radical (unpaired) electrons. The third kappa shape index (κ3) is 4.64. The van der Waals surface area contributed by atoms with Crippen molar-refractivity contribution in [3.63, 3.8) is 0 Å². The summed E-state index contributed by atoms with van der Waals surface area (Å²) in [7, 11) is -2.78. The van der Waals surface area contributed by atoms with Gasteiger partial charge in [-0.15, -0.1) is 0 Å². The Morgan fingerprint density at radius 3 is 2.13 bits per heavy atom. The van der Waals surface area contributed by atoms with Crippen LogP contribution >= 0.6 is 0 Å². The summed E-state index contributed by atoms with van der Waals surface area (Å²) in [4.78, 5) is 30.2. The number of hydrogen-bond acceptors (Lipinski definition) is 4. The van der Waals surface area contributed by atoms with Crippen LogP contribution < -0.4 is 15.7 Å². The standard InChI is InChI=1S/C38H36N4O3Si/c1-24-13-12-18-29-30(22-39-35(24)29)33-34(37(44)40-36(33)43)32-25(2)41-42-20-19-26(21-31(32)42)23-45-46(38(3,4)5,27-14-8-6-9-15-27)28-16-10-7-11-17-28/h6-22,39H,23H2,1-5H3,(H,40,43,44). The van der Waals surface area contributed by atoms with Crippen LogP contribution in [0.1, 0.15) is 48.7 Å². The van der Waals surface area contributed by atoms with E-state index >= 15 is 0 Å². The van der Waals surface area contributed by atoms with Gasteiger partial charge in [0, 0.05) is 34.4 Å². The van der Waals surface area contributed by atoms with Gasteiger partial charge in [0.05, 0.1) is 29.0 Å². The van der Waals surface area contributed by atoms with E-state index in [-0.39, 0.29) is 5.04 Å². The number of fused-ring (bicyclic) bond motifs is 2. The van der Waals surface area contributed by atoms with Gasteiger partial charge >= 0.3 is 0 Å². The molecular weight excluding hydrogens is 589 g/mol. The van der Waals surface area contributed by atoms with E-state index in [9.17, 15) is 9.59 Å². The Morgan fingerprint density at radius 2 is 1.48 bits per heavy atom. The average molecular weight is 625 g/mol. The van der Waals surface area contributed by atoms with Gasteiger partial charge in [0.1, 0.15) is 0 Å². The van der Waals surface area contributed by atoms with Gasteiger partial charge in [-0.25, -0.2) is 4.52 Å². The van der Waals surface area contributed by atoms with Crippen molar-refractivity contribution in [1.82, 2.24) is 19.9 Å². The van der Waals surface area contributed by atoms with Crippen molar-refractivity contribution in [3.8, 4) is 0 Å². The maximum absolute atomic E-state index is 13.5. The fourth-order valence-corrected chi connectivity index (χ4v) is 11.6. The molecule has 0 fully saturated rings. The molecular formula is C38H36N4O3Si. The Labute approximate surface area is 269 Å².